The SMILES string of the molecule is Cl.OCCCCCNCc1ccc(Cl)c(Cl)c1. The van der Waals surface area contributed by atoms with Crippen molar-refractivity contribution in [1.29, 1.82) is 0 Å². The third-order valence-electron chi connectivity index (χ3n) is 2.32. The van der Waals surface area contributed by atoms with E-state index in [9.17, 15) is 0 Å². The Bertz CT molecular complexity index is 321. The van der Waals surface area contributed by atoms with Crippen LogP contribution in [0.1, 0.15) is 24.8 Å². The fourth-order valence-corrected chi connectivity index (χ4v) is 1.74. The Morgan fingerprint density at radius 3 is 2.47 bits per heavy atom. The third kappa shape index (κ3) is 7.12. The number of hydrogen-bond donors (Lipinski definition) is 2. The average molecular weight is 299 g/mol. The molecule has 1 aromatic carbocycles. The molecule has 0 bridgehead atoms. The van der Waals surface area contributed by atoms with E-state index in [0.717, 1.165) is 37.9 Å². The maximum atomic E-state index is 8.61. The van der Waals surface area contributed by atoms with Crippen LogP contribution in [0.4, 0.5) is 0 Å². The maximum absolute atomic E-state index is 8.61. The van der Waals surface area contributed by atoms with Crippen molar-refractivity contribution in [3.63, 3.8) is 0 Å². The summed E-state index contributed by atoms with van der Waals surface area (Å²) in [6.07, 6.45) is 3.03. The summed E-state index contributed by atoms with van der Waals surface area (Å²) in [5, 5.41) is 13.1. The van der Waals surface area contributed by atoms with Gasteiger partial charge in [-0.2, -0.15) is 0 Å². The second kappa shape index (κ2) is 9.98. The van der Waals surface area contributed by atoms with Gasteiger partial charge in [0.25, 0.3) is 0 Å². The number of halogens is 3. The Hall–Kier alpha value is 0.01000. The van der Waals surface area contributed by atoms with Gasteiger partial charge < -0.3 is 10.4 Å². The van der Waals surface area contributed by atoms with Crippen molar-refractivity contribution in [1.82, 2.24) is 5.32 Å². The van der Waals surface area contributed by atoms with Crippen LogP contribution in [0.2, 0.25) is 10.0 Å². The molecule has 0 saturated carbocycles. The molecular formula is C12H18Cl3NO. The predicted octanol–water partition coefficient (Wildman–Crippen LogP) is 3.67. The fourth-order valence-electron chi connectivity index (χ4n) is 1.42. The van der Waals surface area contributed by atoms with Crippen LogP contribution < -0.4 is 5.32 Å². The Morgan fingerprint density at radius 1 is 1.06 bits per heavy atom. The molecule has 98 valence electrons. The first-order valence-electron chi connectivity index (χ1n) is 5.49. The van der Waals surface area contributed by atoms with Crippen molar-refractivity contribution < 1.29 is 5.11 Å². The van der Waals surface area contributed by atoms with Crippen molar-refractivity contribution >= 4 is 35.6 Å². The largest absolute Gasteiger partial charge is 0.396 e. The second-order valence-electron chi connectivity index (χ2n) is 3.71. The van der Waals surface area contributed by atoms with Gasteiger partial charge >= 0.3 is 0 Å². The minimum absolute atomic E-state index is 0. The molecule has 0 aliphatic carbocycles. The predicted molar refractivity (Wildman–Crippen MR) is 76.4 cm³/mol. The molecule has 0 unspecified atom stereocenters. The summed E-state index contributed by atoms with van der Waals surface area (Å²) >= 11 is 11.7. The summed E-state index contributed by atoms with van der Waals surface area (Å²) in [7, 11) is 0. The quantitative estimate of drug-likeness (QED) is 0.753. The molecule has 5 heteroatoms. The highest BCUT2D eigenvalue weighted by Gasteiger charge is 1.98. The highest BCUT2D eigenvalue weighted by atomic mass is 35.5. The summed E-state index contributed by atoms with van der Waals surface area (Å²) in [6.45, 7) is 2.04. The Labute approximate surface area is 119 Å². The molecule has 0 aliphatic heterocycles. The summed E-state index contributed by atoms with van der Waals surface area (Å²) in [4.78, 5) is 0. The van der Waals surface area contributed by atoms with Gasteiger partial charge in [-0.05, 0) is 43.5 Å². The zero-order valence-electron chi connectivity index (χ0n) is 9.59. The topological polar surface area (TPSA) is 32.3 Å². The van der Waals surface area contributed by atoms with Gasteiger partial charge in [-0.15, -0.1) is 12.4 Å². The summed E-state index contributed by atoms with van der Waals surface area (Å²) in [6, 6.07) is 5.66. The molecule has 2 nitrogen and oxygen atoms in total. The van der Waals surface area contributed by atoms with E-state index in [-0.39, 0.29) is 19.0 Å². The Balaban J connectivity index is 0.00000256. The number of hydrogen-bond acceptors (Lipinski definition) is 2. The molecule has 0 atom stereocenters. The van der Waals surface area contributed by atoms with Crippen molar-refractivity contribution in [2.45, 2.75) is 25.8 Å². The molecule has 1 aromatic rings. The van der Waals surface area contributed by atoms with Crippen molar-refractivity contribution in [3.8, 4) is 0 Å². The molecule has 0 amide bonds. The average Bonchev–Trinajstić information content (AvgIpc) is 2.28. The highest BCUT2D eigenvalue weighted by Crippen LogP contribution is 2.22. The molecule has 1 rings (SSSR count). The fraction of sp³-hybridized carbons (Fsp3) is 0.500. The monoisotopic (exact) mass is 297 g/mol. The van der Waals surface area contributed by atoms with Crippen LogP contribution in [0.3, 0.4) is 0 Å². The molecule has 2 N–H and O–H groups in total. The van der Waals surface area contributed by atoms with E-state index >= 15 is 0 Å². The van der Waals surface area contributed by atoms with Gasteiger partial charge in [-0.3, -0.25) is 0 Å². The molecule has 0 fully saturated rings. The van der Waals surface area contributed by atoms with E-state index in [1.807, 2.05) is 18.2 Å². The molecule has 0 heterocycles. The zero-order valence-corrected chi connectivity index (χ0v) is 11.9. The number of unbranched alkanes of at least 4 members (excludes halogenated alkanes) is 2. The summed E-state index contributed by atoms with van der Waals surface area (Å²) in [5.41, 5.74) is 1.14. The van der Waals surface area contributed by atoms with Crippen LogP contribution in [0.15, 0.2) is 18.2 Å². The summed E-state index contributed by atoms with van der Waals surface area (Å²) in [5.74, 6) is 0. The molecule has 17 heavy (non-hydrogen) atoms. The van der Waals surface area contributed by atoms with Crippen molar-refractivity contribution in [2.24, 2.45) is 0 Å². The molecule has 0 spiro atoms. The van der Waals surface area contributed by atoms with E-state index < -0.39 is 0 Å². The van der Waals surface area contributed by atoms with Gasteiger partial charge in [0.2, 0.25) is 0 Å². The third-order valence-corrected chi connectivity index (χ3v) is 3.06. The van der Waals surface area contributed by atoms with Crippen LogP contribution in [0, 0.1) is 0 Å². The lowest BCUT2D eigenvalue weighted by molar-refractivity contribution is 0.283. The molecular weight excluding hydrogens is 280 g/mol. The number of benzene rings is 1. The normalized spacial score (nSPS) is 10.1. The number of nitrogens with one attached hydrogen (secondary N) is 1. The first kappa shape index (κ1) is 17.0. The van der Waals surface area contributed by atoms with Gasteiger partial charge in [-0.1, -0.05) is 29.3 Å². The Morgan fingerprint density at radius 2 is 1.82 bits per heavy atom. The van der Waals surface area contributed by atoms with Crippen LogP contribution in [-0.4, -0.2) is 18.3 Å². The van der Waals surface area contributed by atoms with E-state index in [1.165, 1.54) is 0 Å². The summed E-state index contributed by atoms with van der Waals surface area (Å²) < 4.78 is 0. The van der Waals surface area contributed by atoms with E-state index in [0.29, 0.717) is 10.0 Å². The van der Waals surface area contributed by atoms with Gasteiger partial charge in [0.15, 0.2) is 0 Å². The lowest BCUT2D eigenvalue weighted by Gasteiger charge is -2.05. The smallest absolute Gasteiger partial charge is 0.0595 e. The molecule has 0 aliphatic rings. The molecule has 0 saturated heterocycles. The number of rotatable bonds is 7. The minimum Gasteiger partial charge on any atom is -0.396 e. The van der Waals surface area contributed by atoms with Crippen LogP contribution in [0.5, 0.6) is 0 Å². The van der Waals surface area contributed by atoms with Gasteiger partial charge in [0, 0.05) is 13.2 Å². The van der Waals surface area contributed by atoms with E-state index in [2.05, 4.69) is 5.32 Å². The van der Waals surface area contributed by atoms with Crippen LogP contribution in [-0.2, 0) is 6.54 Å². The van der Waals surface area contributed by atoms with Crippen LogP contribution in [0.25, 0.3) is 0 Å². The van der Waals surface area contributed by atoms with E-state index in [1.54, 1.807) is 0 Å². The minimum atomic E-state index is 0. The Kier molecular flexibility index (Phi) is 9.99. The standard InChI is InChI=1S/C12H17Cl2NO.ClH/c13-11-5-4-10(8-12(11)14)9-15-6-2-1-3-7-16;/h4-5,8,15-16H,1-3,6-7,9H2;1H. The maximum Gasteiger partial charge on any atom is 0.0595 e. The highest BCUT2D eigenvalue weighted by molar-refractivity contribution is 6.42. The van der Waals surface area contributed by atoms with Crippen molar-refractivity contribution in [2.75, 3.05) is 13.2 Å². The molecule has 0 aromatic heterocycles. The van der Waals surface area contributed by atoms with Gasteiger partial charge in [0.1, 0.15) is 0 Å². The van der Waals surface area contributed by atoms with Crippen molar-refractivity contribution in [3.05, 3.63) is 33.8 Å². The lowest BCUT2D eigenvalue weighted by atomic mass is 10.2. The first-order chi connectivity index (χ1) is 7.74. The number of aliphatic hydroxyl groups is 1. The van der Waals surface area contributed by atoms with Gasteiger partial charge in [-0.25, -0.2) is 0 Å². The lowest BCUT2D eigenvalue weighted by Crippen LogP contribution is -2.14. The van der Waals surface area contributed by atoms with E-state index in [4.69, 9.17) is 28.3 Å². The molecule has 0 radical (unpaired) electrons. The van der Waals surface area contributed by atoms with Crippen LogP contribution >= 0.6 is 35.6 Å². The first-order valence-corrected chi connectivity index (χ1v) is 6.25. The number of aliphatic hydroxyl groups excluding tert-OH is 1. The second-order valence-corrected chi connectivity index (χ2v) is 4.52. The zero-order chi connectivity index (χ0) is 11.8. The van der Waals surface area contributed by atoms with Gasteiger partial charge in [0.05, 0.1) is 10.0 Å².